The Morgan fingerprint density at radius 3 is 1.92 bits per heavy atom. The number of nitrogens with zero attached hydrogens (tertiary/aromatic N) is 3. The third-order valence-corrected chi connectivity index (χ3v) is 6.88. The Kier molecular flexibility index (Phi) is 6.72. The Labute approximate surface area is 215 Å². The van der Waals surface area contributed by atoms with E-state index in [0.29, 0.717) is 55.0 Å². The van der Waals surface area contributed by atoms with E-state index in [-0.39, 0.29) is 35.7 Å². The summed E-state index contributed by atoms with van der Waals surface area (Å²) >= 11 is 0. The second kappa shape index (κ2) is 10.3. The van der Waals surface area contributed by atoms with Crippen molar-refractivity contribution in [3.63, 3.8) is 0 Å². The van der Waals surface area contributed by atoms with Gasteiger partial charge in [0.1, 0.15) is 5.75 Å². The van der Waals surface area contributed by atoms with Crippen LogP contribution >= 0.6 is 0 Å². The molecule has 0 radical (unpaired) electrons. The first-order chi connectivity index (χ1) is 18.0. The van der Waals surface area contributed by atoms with E-state index in [1.54, 1.807) is 53.3 Å². The van der Waals surface area contributed by atoms with E-state index in [9.17, 15) is 19.2 Å². The zero-order valence-corrected chi connectivity index (χ0v) is 20.6. The van der Waals surface area contributed by atoms with Crippen molar-refractivity contribution >= 4 is 23.6 Å². The molecule has 8 heteroatoms. The summed E-state index contributed by atoms with van der Waals surface area (Å²) < 4.78 is 5.14. The van der Waals surface area contributed by atoms with Crippen LogP contribution in [0, 0.1) is 0 Å². The minimum atomic E-state index is -0.375. The van der Waals surface area contributed by atoms with Crippen LogP contribution in [-0.4, -0.2) is 78.2 Å². The summed E-state index contributed by atoms with van der Waals surface area (Å²) in [4.78, 5) is 56.5. The lowest BCUT2D eigenvalue weighted by Crippen LogP contribution is -2.50. The van der Waals surface area contributed by atoms with Crippen LogP contribution in [0.15, 0.2) is 72.8 Å². The Morgan fingerprint density at radius 1 is 0.730 bits per heavy atom. The van der Waals surface area contributed by atoms with Crippen molar-refractivity contribution in [3.05, 3.63) is 101 Å². The van der Waals surface area contributed by atoms with E-state index < -0.39 is 0 Å². The first-order valence-electron chi connectivity index (χ1n) is 12.2. The maximum atomic E-state index is 13.2. The molecule has 0 bridgehead atoms. The van der Waals surface area contributed by atoms with Crippen molar-refractivity contribution in [2.75, 3.05) is 39.8 Å². The highest BCUT2D eigenvalue weighted by molar-refractivity contribution is 6.22. The number of methoxy groups -OCH3 is 1. The minimum Gasteiger partial charge on any atom is -0.497 e. The maximum absolute atomic E-state index is 13.2. The molecule has 8 nitrogen and oxygen atoms in total. The van der Waals surface area contributed by atoms with Gasteiger partial charge in [0.2, 0.25) is 0 Å². The van der Waals surface area contributed by atoms with Crippen LogP contribution in [0.5, 0.6) is 5.75 Å². The van der Waals surface area contributed by atoms with E-state index in [2.05, 4.69) is 0 Å². The summed E-state index contributed by atoms with van der Waals surface area (Å²) in [6.45, 7) is 1.87. The fourth-order valence-electron chi connectivity index (χ4n) is 4.72. The first-order valence-corrected chi connectivity index (χ1v) is 12.2. The molecular formula is C29H27N3O5. The second-order valence-electron chi connectivity index (χ2n) is 9.07. The number of hydrogen-bond acceptors (Lipinski definition) is 5. The number of ether oxygens (including phenoxy) is 1. The Bertz CT molecular complexity index is 1350. The third kappa shape index (κ3) is 4.82. The molecule has 1 fully saturated rings. The lowest BCUT2D eigenvalue weighted by molar-refractivity contribution is 0.0535. The molecular weight excluding hydrogens is 470 g/mol. The number of imide groups is 1. The fraction of sp³-hybridized carbons (Fsp3) is 0.241. The van der Waals surface area contributed by atoms with Gasteiger partial charge in [-0.3, -0.25) is 24.1 Å². The monoisotopic (exact) mass is 497 g/mol. The molecule has 0 aliphatic carbocycles. The molecule has 188 valence electrons. The average Bonchev–Trinajstić information content (AvgIpc) is 3.20. The van der Waals surface area contributed by atoms with E-state index in [1.165, 1.54) is 11.0 Å². The van der Waals surface area contributed by atoms with E-state index in [1.807, 2.05) is 30.3 Å². The van der Waals surface area contributed by atoms with Gasteiger partial charge in [0.15, 0.2) is 0 Å². The van der Waals surface area contributed by atoms with E-state index in [4.69, 9.17) is 4.74 Å². The van der Waals surface area contributed by atoms with E-state index in [0.717, 1.165) is 5.56 Å². The molecule has 4 amide bonds. The van der Waals surface area contributed by atoms with Crippen LogP contribution in [0.25, 0.3) is 0 Å². The zero-order valence-electron chi connectivity index (χ0n) is 20.6. The summed E-state index contributed by atoms with van der Waals surface area (Å²) in [6.07, 6.45) is 0.567. The predicted molar refractivity (Wildman–Crippen MR) is 137 cm³/mol. The lowest BCUT2D eigenvalue weighted by atomic mass is 10.0. The quantitative estimate of drug-likeness (QED) is 0.489. The topological polar surface area (TPSA) is 87.2 Å². The Morgan fingerprint density at radius 2 is 1.30 bits per heavy atom. The number of amides is 4. The zero-order chi connectivity index (χ0) is 25.9. The SMILES string of the molecule is COc1ccc(C(=O)N2CCN(C(=O)c3ccc4c(c3)C(=O)N(CCc3ccccc3)C4=O)CC2)cc1. The predicted octanol–water partition coefficient (Wildman–Crippen LogP) is 3.13. The molecule has 2 aliphatic rings. The number of carbonyl (C=O) groups is 4. The number of fused-ring (bicyclic) bond motifs is 1. The molecule has 5 rings (SSSR count). The van der Waals surface area contributed by atoms with Crippen molar-refractivity contribution < 1.29 is 23.9 Å². The van der Waals surface area contributed by atoms with Crippen LogP contribution in [0.4, 0.5) is 0 Å². The molecule has 3 aromatic rings. The number of rotatable bonds is 6. The van der Waals surface area contributed by atoms with Crippen molar-refractivity contribution in [2.24, 2.45) is 0 Å². The molecule has 3 aromatic carbocycles. The number of benzene rings is 3. The van der Waals surface area contributed by atoms with Crippen molar-refractivity contribution in [1.82, 2.24) is 14.7 Å². The molecule has 37 heavy (non-hydrogen) atoms. The molecule has 2 heterocycles. The summed E-state index contributed by atoms with van der Waals surface area (Å²) in [5.74, 6) is -0.337. The van der Waals surface area contributed by atoms with Gasteiger partial charge in [0.05, 0.1) is 18.2 Å². The van der Waals surface area contributed by atoms with Crippen LogP contribution in [0.2, 0.25) is 0 Å². The maximum Gasteiger partial charge on any atom is 0.261 e. The molecule has 0 unspecified atom stereocenters. The first kappa shape index (κ1) is 24.2. The molecule has 0 aromatic heterocycles. The van der Waals surface area contributed by atoms with Gasteiger partial charge < -0.3 is 14.5 Å². The van der Waals surface area contributed by atoms with Gasteiger partial charge in [-0.2, -0.15) is 0 Å². The van der Waals surface area contributed by atoms with Gasteiger partial charge in [0.25, 0.3) is 23.6 Å². The van der Waals surface area contributed by atoms with Crippen LogP contribution in [-0.2, 0) is 6.42 Å². The fourth-order valence-corrected chi connectivity index (χ4v) is 4.72. The van der Waals surface area contributed by atoms with E-state index >= 15 is 0 Å². The van der Waals surface area contributed by atoms with Crippen LogP contribution in [0.3, 0.4) is 0 Å². The Balaban J connectivity index is 1.22. The summed E-state index contributed by atoms with van der Waals surface area (Å²) in [5, 5.41) is 0. The summed E-state index contributed by atoms with van der Waals surface area (Å²) in [7, 11) is 1.57. The van der Waals surface area contributed by atoms with Gasteiger partial charge >= 0.3 is 0 Å². The van der Waals surface area contributed by atoms with Gasteiger partial charge in [-0.15, -0.1) is 0 Å². The highest BCUT2D eigenvalue weighted by atomic mass is 16.5. The summed E-state index contributed by atoms with van der Waals surface area (Å²) in [6, 6.07) is 21.3. The van der Waals surface area contributed by atoms with Gasteiger partial charge in [-0.25, -0.2) is 0 Å². The number of piperazine rings is 1. The van der Waals surface area contributed by atoms with Crippen molar-refractivity contribution in [1.29, 1.82) is 0 Å². The van der Waals surface area contributed by atoms with Crippen molar-refractivity contribution in [2.45, 2.75) is 6.42 Å². The standard InChI is InChI=1S/C29H27N3O5/c1-37-23-10-7-21(8-11-23)26(33)30-15-17-31(18-16-30)27(34)22-9-12-24-25(19-22)29(36)32(28(24)35)14-13-20-5-3-2-4-6-20/h2-12,19H,13-18H2,1H3. The minimum absolute atomic E-state index is 0.0908. The number of hydrogen-bond donors (Lipinski definition) is 0. The molecule has 2 aliphatic heterocycles. The third-order valence-electron chi connectivity index (χ3n) is 6.88. The molecule has 1 saturated heterocycles. The normalized spacial score (nSPS) is 15.1. The highest BCUT2D eigenvalue weighted by Crippen LogP contribution is 2.25. The van der Waals surface area contributed by atoms with Crippen molar-refractivity contribution in [3.8, 4) is 5.75 Å². The van der Waals surface area contributed by atoms with Crippen LogP contribution < -0.4 is 4.74 Å². The highest BCUT2D eigenvalue weighted by Gasteiger charge is 2.36. The molecule has 0 spiro atoms. The van der Waals surface area contributed by atoms with Gasteiger partial charge in [-0.05, 0) is 54.4 Å². The molecule has 0 atom stereocenters. The lowest BCUT2D eigenvalue weighted by Gasteiger charge is -2.35. The van der Waals surface area contributed by atoms with Gasteiger partial charge in [0, 0.05) is 43.9 Å². The van der Waals surface area contributed by atoms with Gasteiger partial charge in [-0.1, -0.05) is 30.3 Å². The number of carbonyl (C=O) groups excluding carboxylic acids is 4. The van der Waals surface area contributed by atoms with Crippen LogP contribution in [0.1, 0.15) is 47.0 Å². The smallest absolute Gasteiger partial charge is 0.261 e. The Hall–Kier alpha value is -4.46. The summed E-state index contributed by atoms with van der Waals surface area (Å²) in [5.41, 5.74) is 2.56. The molecule has 0 N–H and O–H groups in total. The largest absolute Gasteiger partial charge is 0.497 e. The second-order valence-corrected chi connectivity index (χ2v) is 9.07. The average molecular weight is 498 g/mol. The molecule has 0 saturated carbocycles.